The van der Waals surface area contributed by atoms with Gasteiger partial charge in [-0.1, -0.05) is 29.8 Å². The normalized spacial score (nSPS) is 20.1. The van der Waals surface area contributed by atoms with E-state index < -0.39 is 0 Å². The van der Waals surface area contributed by atoms with Crippen LogP contribution in [-0.2, 0) is 11.3 Å². The summed E-state index contributed by atoms with van der Waals surface area (Å²) in [4.78, 5) is 16.1. The molecule has 32 heavy (non-hydrogen) atoms. The number of anilines is 1. The Kier molecular flexibility index (Phi) is 4.69. The summed E-state index contributed by atoms with van der Waals surface area (Å²) >= 11 is 0. The molecule has 5 heterocycles. The van der Waals surface area contributed by atoms with Crippen LogP contribution in [0, 0.1) is 6.92 Å². The average Bonchev–Trinajstić information content (AvgIpc) is 3.55. The lowest BCUT2D eigenvalue weighted by atomic mass is 10.1. The van der Waals surface area contributed by atoms with E-state index in [1.165, 1.54) is 5.56 Å². The largest absolute Gasteiger partial charge is 0.374 e. The quantitative estimate of drug-likeness (QED) is 0.457. The molecule has 0 radical (unpaired) electrons. The highest BCUT2D eigenvalue weighted by molar-refractivity contribution is 5.79. The lowest BCUT2D eigenvalue weighted by Gasteiger charge is -2.29. The van der Waals surface area contributed by atoms with Gasteiger partial charge in [0.05, 0.1) is 36.7 Å². The van der Waals surface area contributed by atoms with E-state index in [9.17, 15) is 0 Å². The molecular formula is C25H24N6O. The molecule has 1 aromatic carbocycles. The second-order valence-electron chi connectivity index (χ2n) is 8.52. The first kappa shape index (κ1) is 19.1. The average molecular weight is 425 g/mol. The molecule has 7 heteroatoms. The van der Waals surface area contributed by atoms with E-state index >= 15 is 0 Å². The molecule has 2 fully saturated rings. The minimum atomic E-state index is 0.307. The zero-order valence-electron chi connectivity index (χ0n) is 17.9. The molecule has 7 nitrogen and oxygen atoms in total. The molecule has 1 unspecified atom stereocenters. The number of aliphatic imine (C=N–C) groups is 1. The summed E-state index contributed by atoms with van der Waals surface area (Å²) in [6.45, 7) is 4.27. The van der Waals surface area contributed by atoms with Crippen molar-refractivity contribution in [3.63, 3.8) is 0 Å². The molecule has 160 valence electrons. The van der Waals surface area contributed by atoms with E-state index in [1.807, 2.05) is 28.9 Å². The third-order valence-electron chi connectivity index (χ3n) is 6.17. The van der Waals surface area contributed by atoms with Gasteiger partial charge in [-0.2, -0.15) is 9.61 Å². The number of morpholine rings is 1. The van der Waals surface area contributed by atoms with Gasteiger partial charge in [0.2, 0.25) is 0 Å². The zero-order chi connectivity index (χ0) is 21.5. The Morgan fingerprint density at radius 1 is 1.16 bits per heavy atom. The van der Waals surface area contributed by atoms with Gasteiger partial charge in [-0.15, -0.1) is 0 Å². The number of aryl methyl sites for hydroxylation is 1. The molecule has 0 spiro atoms. The van der Waals surface area contributed by atoms with E-state index in [0.29, 0.717) is 18.7 Å². The van der Waals surface area contributed by atoms with Crippen LogP contribution < -0.4 is 4.90 Å². The third-order valence-corrected chi connectivity index (χ3v) is 6.17. The maximum Gasteiger partial charge on any atom is 0.158 e. The molecule has 0 aliphatic carbocycles. The summed E-state index contributed by atoms with van der Waals surface area (Å²) in [7, 11) is 0. The van der Waals surface area contributed by atoms with Gasteiger partial charge in [-0.3, -0.25) is 9.98 Å². The topological polar surface area (TPSA) is 67.9 Å². The van der Waals surface area contributed by atoms with Crippen LogP contribution in [0.4, 0.5) is 5.82 Å². The van der Waals surface area contributed by atoms with Crippen LogP contribution in [0.15, 0.2) is 65.9 Å². The Bertz CT molecular complexity index is 1300. The van der Waals surface area contributed by atoms with E-state index in [-0.39, 0.29) is 0 Å². The summed E-state index contributed by atoms with van der Waals surface area (Å²) in [5, 5.41) is 4.90. The van der Waals surface area contributed by atoms with Crippen LogP contribution in [0.3, 0.4) is 0 Å². The summed E-state index contributed by atoms with van der Waals surface area (Å²) < 4.78 is 7.79. The summed E-state index contributed by atoms with van der Waals surface area (Å²) in [5.41, 5.74) is 6.01. The Hall–Kier alpha value is -3.58. The minimum Gasteiger partial charge on any atom is -0.374 e. The number of benzene rings is 1. The summed E-state index contributed by atoms with van der Waals surface area (Å²) in [6, 6.07) is 16.8. The highest BCUT2D eigenvalue weighted by Gasteiger charge is 2.40. The van der Waals surface area contributed by atoms with Crippen LogP contribution in [-0.4, -0.2) is 51.1 Å². The summed E-state index contributed by atoms with van der Waals surface area (Å²) in [5.74, 6) is 1.06. The number of pyridine rings is 1. The van der Waals surface area contributed by atoms with Crippen molar-refractivity contribution in [3.05, 3.63) is 77.7 Å². The Morgan fingerprint density at radius 2 is 2.06 bits per heavy atom. The second-order valence-corrected chi connectivity index (χ2v) is 8.52. The Morgan fingerprint density at radius 3 is 2.84 bits per heavy atom. The molecule has 0 saturated carbocycles. The molecule has 4 aromatic rings. The van der Waals surface area contributed by atoms with Crippen molar-refractivity contribution in [1.82, 2.24) is 19.6 Å². The molecule has 6 rings (SSSR count). The lowest BCUT2D eigenvalue weighted by molar-refractivity contribution is 0.0987. The van der Waals surface area contributed by atoms with Gasteiger partial charge in [0.1, 0.15) is 5.82 Å². The number of hydrogen-bond acceptors (Lipinski definition) is 6. The molecule has 2 aliphatic rings. The van der Waals surface area contributed by atoms with Crippen LogP contribution in [0.25, 0.3) is 16.9 Å². The van der Waals surface area contributed by atoms with E-state index in [1.54, 1.807) is 12.4 Å². The number of aromatic nitrogens is 4. The van der Waals surface area contributed by atoms with Crippen molar-refractivity contribution in [3.8, 4) is 11.3 Å². The predicted octanol–water partition coefficient (Wildman–Crippen LogP) is 3.70. The number of rotatable bonds is 5. The first-order chi connectivity index (χ1) is 15.7. The Balaban J connectivity index is 1.38. The van der Waals surface area contributed by atoms with Crippen LogP contribution in [0.5, 0.6) is 0 Å². The molecule has 2 bridgehead atoms. The van der Waals surface area contributed by atoms with Gasteiger partial charge >= 0.3 is 0 Å². The van der Waals surface area contributed by atoms with Crippen molar-refractivity contribution in [2.75, 3.05) is 18.1 Å². The van der Waals surface area contributed by atoms with Gasteiger partial charge in [-0.25, -0.2) is 4.98 Å². The van der Waals surface area contributed by atoms with Gasteiger partial charge in [0.25, 0.3) is 0 Å². The molecule has 3 aromatic heterocycles. The summed E-state index contributed by atoms with van der Waals surface area (Å²) in [6.07, 6.45) is 6.87. The number of hydrogen-bond donors (Lipinski definition) is 0. The van der Waals surface area contributed by atoms with Gasteiger partial charge in [0.15, 0.2) is 5.65 Å². The predicted molar refractivity (Wildman–Crippen MR) is 124 cm³/mol. The van der Waals surface area contributed by atoms with E-state index in [2.05, 4.69) is 52.1 Å². The minimum absolute atomic E-state index is 0.307. The highest BCUT2D eigenvalue weighted by Crippen LogP contribution is 2.33. The number of nitrogens with zero attached hydrogens (tertiary/aromatic N) is 6. The zero-order valence-corrected chi connectivity index (χ0v) is 17.9. The molecule has 2 aliphatic heterocycles. The second kappa shape index (κ2) is 7.84. The van der Waals surface area contributed by atoms with Gasteiger partial charge in [0, 0.05) is 42.8 Å². The van der Waals surface area contributed by atoms with Crippen LogP contribution >= 0.6 is 0 Å². The first-order valence-electron chi connectivity index (χ1n) is 11.0. The fourth-order valence-corrected chi connectivity index (χ4v) is 4.63. The van der Waals surface area contributed by atoms with Gasteiger partial charge in [-0.05, 0) is 31.0 Å². The maximum absolute atomic E-state index is 5.83. The highest BCUT2D eigenvalue weighted by atomic mass is 16.5. The molecule has 2 saturated heterocycles. The van der Waals surface area contributed by atoms with Crippen molar-refractivity contribution in [1.29, 1.82) is 0 Å². The smallest absolute Gasteiger partial charge is 0.158 e. The first-order valence-corrected chi connectivity index (χ1v) is 11.0. The fourth-order valence-electron chi connectivity index (χ4n) is 4.63. The monoisotopic (exact) mass is 424 g/mol. The van der Waals surface area contributed by atoms with E-state index in [0.717, 1.165) is 53.6 Å². The van der Waals surface area contributed by atoms with Crippen LogP contribution in [0.1, 0.15) is 23.2 Å². The van der Waals surface area contributed by atoms with Crippen molar-refractivity contribution >= 4 is 17.7 Å². The SMILES string of the molecule is Cc1cccc(C=NCc2cc(N3CC4C[C@H]3CO4)n3nc(-c4ccncc4)cc3n2)c1. The van der Waals surface area contributed by atoms with Gasteiger partial charge < -0.3 is 9.64 Å². The lowest BCUT2D eigenvalue weighted by Crippen LogP contribution is -2.38. The molecule has 0 amide bonds. The van der Waals surface area contributed by atoms with E-state index in [4.69, 9.17) is 14.8 Å². The van der Waals surface area contributed by atoms with Crippen molar-refractivity contribution in [2.45, 2.75) is 32.0 Å². The van der Waals surface area contributed by atoms with Crippen LogP contribution in [0.2, 0.25) is 0 Å². The number of fused-ring (bicyclic) bond motifs is 3. The Labute approximate surface area is 186 Å². The molecular weight excluding hydrogens is 400 g/mol. The number of ether oxygens (including phenoxy) is 1. The van der Waals surface area contributed by atoms with Crippen molar-refractivity contribution in [2.24, 2.45) is 4.99 Å². The molecule has 2 atom stereocenters. The maximum atomic E-state index is 5.83. The molecule has 0 N–H and O–H groups in total. The standard InChI is InChI=1S/C25H24N6O/c1-17-3-2-4-18(9-17)13-27-14-20-10-25(30-15-22-11-21(30)16-32-22)31-24(28-20)12-23(29-31)19-5-7-26-8-6-19/h2-10,12-13,21-22H,11,14-16H2,1H3/t21-,22?/m0/s1. The fraction of sp³-hybridized carbons (Fsp3) is 0.280. The van der Waals surface area contributed by atoms with Crippen molar-refractivity contribution < 1.29 is 4.74 Å². The third kappa shape index (κ3) is 3.54.